The number of hydrogen-bond acceptors (Lipinski definition) is 3. The van der Waals surface area contributed by atoms with Crippen molar-refractivity contribution in [3.63, 3.8) is 0 Å². The number of allylic oxidation sites excluding steroid dienone is 2. The van der Waals surface area contributed by atoms with E-state index in [0.29, 0.717) is 19.0 Å². The highest BCUT2D eigenvalue weighted by Crippen LogP contribution is 2.12. The van der Waals surface area contributed by atoms with Crippen LogP contribution in [0.15, 0.2) is 41.2 Å². The molecular formula is C15H17ClN2O3. The number of ether oxygens (including phenoxy) is 1. The topological polar surface area (TPSA) is 53.2 Å². The summed E-state index contributed by atoms with van der Waals surface area (Å²) in [6.07, 6.45) is 3.66. The Morgan fingerprint density at radius 2 is 1.90 bits per heavy atom. The lowest BCUT2D eigenvalue weighted by Gasteiger charge is -2.03. The fourth-order valence-electron chi connectivity index (χ4n) is 2.19. The van der Waals surface area contributed by atoms with Gasteiger partial charge >= 0.3 is 11.7 Å². The van der Waals surface area contributed by atoms with Crippen LogP contribution in [0.25, 0.3) is 11.0 Å². The quantitative estimate of drug-likeness (QED) is 0.467. The highest BCUT2D eigenvalue weighted by Gasteiger charge is 2.11. The number of hydrogen-bond donors (Lipinski definition) is 0. The molecule has 0 aliphatic heterocycles. The first-order chi connectivity index (χ1) is 10.1. The van der Waals surface area contributed by atoms with Gasteiger partial charge in [-0.1, -0.05) is 24.3 Å². The number of carbonyl (C=O) groups excluding carboxylic acids is 1. The Bertz CT molecular complexity index is 715. The van der Waals surface area contributed by atoms with Crippen molar-refractivity contribution in [3.8, 4) is 0 Å². The maximum atomic E-state index is 12.5. The monoisotopic (exact) mass is 308 g/mol. The van der Waals surface area contributed by atoms with Crippen molar-refractivity contribution in [1.82, 2.24) is 9.13 Å². The number of imidazole rings is 1. The number of esters is 1. The molecule has 0 unspecified atom stereocenters. The largest absolute Gasteiger partial charge is 0.464 e. The van der Waals surface area contributed by atoms with Gasteiger partial charge in [0.15, 0.2) is 0 Å². The summed E-state index contributed by atoms with van der Waals surface area (Å²) in [5.74, 6) is 0.0664. The van der Waals surface area contributed by atoms with E-state index in [2.05, 4.69) is 0 Å². The van der Waals surface area contributed by atoms with E-state index in [-0.39, 0.29) is 18.3 Å². The highest BCUT2D eigenvalue weighted by molar-refractivity contribution is 6.18. The first-order valence-electron chi connectivity index (χ1n) is 6.67. The molecule has 0 aliphatic carbocycles. The van der Waals surface area contributed by atoms with Crippen molar-refractivity contribution < 1.29 is 9.53 Å². The van der Waals surface area contributed by atoms with Crippen LogP contribution >= 0.6 is 11.6 Å². The smallest absolute Gasteiger partial charge is 0.329 e. The number of halogens is 1. The molecule has 112 valence electrons. The number of rotatable bonds is 6. The predicted octanol–water partition coefficient (Wildman–Crippen LogP) is 2.16. The van der Waals surface area contributed by atoms with Crippen molar-refractivity contribution in [1.29, 1.82) is 0 Å². The van der Waals surface area contributed by atoms with Gasteiger partial charge in [-0.05, 0) is 12.1 Å². The Balaban J connectivity index is 2.36. The van der Waals surface area contributed by atoms with Crippen molar-refractivity contribution in [3.05, 3.63) is 46.9 Å². The summed E-state index contributed by atoms with van der Waals surface area (Å²) in [5, 5.41) is 0. The van der Waals surface area contributed by atoms with Gasteiger partial charge in [0.2, 0.25) is 0 Å². The molecule has 0 N–H and O–H groups in total. The third-order valence-electron chi connectivity index (χ3n) is 3.09. The number of benzene rings is 1. The summed E-state index contributed by atoms with van der Waals surface area (Å²) >= 11 is 5.60. The summed E-state index contributed by atoms with van der Waals surface area (Å²) in [6.45, 7) is 2.33. The zero-order valence-electron chi connectivity index (χ0n) is 11.8. The zero-order chi connectivity index (χ0) is 15.2. The van der Waals surface area contributed by atoms with E-state index in [0.717, 1.165) is 11.0 Å². The van der Waals surface area contributed by atoms with Crippen LogP contribution < -0.4 is 5.69 Å². The molecule has 21 heavy (non-hydrogen) atoms. The third kappa shape index (κ3) is 3.55. The molecule has 0 saturated heterocycles. The summed E-state index contributed by atoms with van der Waals surface area (Å²) in [5.41, 5.74) is 1.56. The average Bonchev–Trinajstić information content (AvgIpc) is 2.73. The van der Waals surface area contributed by atoms with Crippen LogP contribution in [-0.4, -0.2) is 27.6 Å². The molecule has 6 heteroatoms. The Labute approximate surface area is 127 Å². The Kier molecular flexibility index (Phi) is 5.22. The second-order valence-corrected chi connectivity index (χ2v) is 4.81. The maximum Gasteiger partial charge on any atom is 0.329 e. The lowest BCUT2D eigenvalue weighted by Crippen LogP contribution is -2.25. The van der Waals surface area contributed by atoms with E-state index >= 15 is 0 Å². The summed E-state index contributed by atoms with van der Waals surface area (Å²) in [7, 11) is 0. The van der Waals surface area contributed by atoms with E-state index in [9.17, 15) is 9.59 Å². The molecule has 0 fully saturated rings. The van der Waals surface area contributed by atoms with E-state index in [1.54, 1.807) is 15.2 Å². The number of alkyl halides is 1. The molecule has 0 saturated carbocycles. The van der Waals surface area contributed by atoms with Crippen LogP contribution in [0.2, 0.25) is 0 Å². The standard InChI is InChI=1S/C15H17ClN2O3/c1-12(19)21-11-10-18-14-7-3-2-6-13(14)17(15(18)20)9-5-4-8-16/h2-7H,8-11H2,1H3/b5-4+. The minimum Gasteiger partial charge on any atom is -0.464 e. The van der Waals surface area contributed by atoms with Gasteiger partial charge in [-0.25, -0.2) is 4.79 Å². The normalized spacial score (nSPS) is 11.3. The van der Waals surface area contributed by atoms with E-state index in [1.807, 2.05) is 30.3 Å². The summed E-state index contributed by atoms with van der Waals surface area (Å²) in [6, 6.07) is 7.54. The van der Waals surface area contributed by atoms with E-state index in [1.165, 1.54) is 6.92 Å². The van der Waals surface area contributed by atoms with Gasteiger partial charge in [0.1, 0.15) is 6.61 Å². The third-order valence-corrected chi connectivity index (χ3v) is 3.27. The number of carbonyl (C=O) groups is 1. The number of para-hydroxylation sites is 2. The Morgan fingerprint density at radius 1 is 1.24 bits per heavy atom. The minimum atomic E-state index is -0.350. The average molecular weight is 309 g/mol. The highest BCUT2D eigenvalue weighted by atomic mass is 35.5. The van der Waals surface area contributed by atoms with E-state index < -0.39 is 0 Å². The second-order valence-electron chi connectivity index (χ2n) is 4.50. The fraction of sp³-hybridized carbons (Fsp3) is 0.333. The Morgan fingerprint density at radius 3 is 2.52 bits per heavy atom. The Hall–Kier alpha value is -2.01. The van der Waals surface area contributed by atoms with Crippen molar-refractivity contribution in [2.75, 3.05) is 12.5 Å². The molecule has 0 amide bonds. The number of fused-ring (bicyclic) bond motifs is 1. The maximum absolute atomic E-state index is 12.5. The van der Waals surface area contributed by atoms with Crippen LogP contribution in [0.3, 0.4) is 0 Å². The van der Waals surface area contributed by atoms with Crippen LogP contribution in [0.1, 0.15) is 6.92 Å². The van der Waals surface area contributed by atoms with Crippen molar-refractivity contribution >= 4 is 28.6 Å². The first kappa shape index (κ1) is 15.4. The summed E-state index contributed by atoms with van der Waals surface area (Å²) < 4.78 is 8.21. The minimum absolute atomic E-state index is 0.123. The summed E-state index contributed by atoms with van der Waals surface area (Å²) in [4.78, 5) is 23.3. The molecular weight excluding hydrogens is 292 g/mol. The first-order valence-corrected chi connectivity index (χ1v) is 7.21. The molecule has 2 aromatic rings. The molecule has 1 aromatic heterocycles. The van der Waals surface area contributed by atoms with Crippen LogP contribution in [0.5, 0.6) is 0 Å². The van der Waals surface area contributed by atoms with Gasteiger partial charge in [0.25, 0.3) is 0 Å². The molecule has 0 atom stereocenters. The van der Waals surface area contributed by atoms with Crippen LogP contribution in [-0.2, 0) is 22.6 Å². The predicted molar refractivity (Wildman–Crippen MR) is 82.7 cm³/mol. The SMILES string of the molecule is CC(=O)OCCn1c(=O)n(C/C=C/CCl)c2ccccc21. The van der Waals surface area contributed by atoms with Gasteiger partial charge in [0, 0.05) is 19.3 Å². The van der Waals surface area contributed by atoms with E-state index in [4.69, 9.17) is 16.3 Å². The number of nitrogens with zero attached hydrogens (tertiary/aromatic N) is 2. The lowest BCUT2D eigenvalue weighted by atomic mass is 10.3. The van der Waals surface area contributed by atoms with Crippen LogP contribution in [0.4, 0.5) is 0 Å². The van der Waals surface area contributed by atoms with Gasteiger partial charge in [0.05, 0.1) is 17.6 Å². The van der Waals surface area contributed by atoms with Crippen molar-refractivity contribution in [2.24, 2.45) is 0 Å². The number of aromatic nitrogens is 2. The molecule has 2 rings (SSSR count). The van der Waals surface area contributed by atoms with Gasteiger partial charge < -0.3 is 4.74 Å². The lowest BCUT2D eigenvalue weighted by molar-refractivity contribution is -0.141. The fourth-order valence-corrected chi connectivity index (χ4v) is 2.31. The van der Waals surface area contributed by atoms with Crippen LogP contribution in [0, 0.1) is 0 Å². The van der Waals surface area contributed by atoms with Gasteiger partial charge in [-0.3, -0.25) is 13.9 Å². The molecule has 0 radical (unpaired) electrons. The molecule has 5 nitrogen and oxygen atoms in total. The zero-order valence-corrected chi connectivity index (χ0v) is 12.5. The van der Waals surface area contributed by atoms with Gasteiger partial charge in [-0.2, -0.15) is 0 Å². The molecule has 0 spiro atoms. The molecule has 0 bridgehead atoms. The van der Waals surface area contributed by atoms with Gasteiger partial charge in [-0.15, -0.1) is 11.6 Å². The molecule has 1 heterocycles. The molecule has 1 aromatic carbocycles. The molecule has 0 aliphatic rings. The second kappa shape index (κ2) is 7.13. The van der Waals surface area contributed by atoms with Crippen molar-refractivity contribution in [2.45, 2.75) is 20.0 Å².